The first-order valence-electron chi connectivity index (χ1n) is 4.64. The molecule has 0 spiro atoms. The summed E-state index contributed by atoms with van der Waals surface area (Å²) in [5, 5.41) is 10.6. The minimum atomic E-state index is -0.650. The van der Waals surface area contributed by atoms with Crippen molar-refractivity contribution in [1.29, 1.82) is 0 Å². The van der Waals surface area contributed by atoms with E-state index in [2.05, 4.69) is 23.1 Å². The molecule has 0 fully saturated rings. The summed E-state index contributed by atoms with van der Waals surface area (Å²) in [5.41, 5.74) is 9.23. The monoisotopic (exact) mass is 270 g/mol. The molecule has 96 valence electrons. The van der Waals surface area contributed by atoms with E-state index in [1.54, 1.807) is 0 Å². The maximum atomic E-state index is 11.7. The Hall–Kier alpha value is -2.42. The van der Waals surface area contributed by atoms with E-state index in [-0.39, 0.29) is 22.1 Å². The van der Waals surface area contributed by atoms with Crippen LogP contribution in [0.15, 0.2) is 18.2 Å². The summed E-state index contributed by atoms with van der Waals surface area (Å²) in [6, 6.07) is 3.98. The van der Waals surface area contributed by atoms with Crippen molar-refractivity contribution >= 4 is 28.9 Å². The number of benzene rings is 1. The first-order valence-corrected chi connectivity index (χ1v) is 5.05. The van der Waals surface area contributed by atoms with Crippen LogP contribution in [-0.2, 0) is 0 Å². The lowest BCUT2D eigenvalue weighted by Gasteiger charge is -2.09. The molecule has 0 aliphatic heterocycles. The number of nitrogens with one attached hydrogen (secondary N) is 2. The average molecular weight is 270 g/mol. The zero-order chi connectivity index (χ0) is 13.7. The van der Waals surface area contributed by atoms with Gasteiger partial charge in [0.2, 0.25) is 5.75 Å². The molecule has 0 aromatic heterocycles. The van der Waals surface area contributed by atoms with Gasteiger partial charge in [-0.3, -0.25) is 25.8 Å². The normalized spacial score (nSPS) is 9.39. The third-order valence-corrected chi connectivity index (χ3v) is 2.04. The van der Waals surface area contributed by atoms with Gasteiger partial charge in [0.05, 0.1) is 17.6 Å². The summed E-state index contributed by atoms with van der Waals surface area (Å²) < 4.78 is 4.87. The van der Waals surface area contributed by atoms with Gasteiger partial charge in [0, 0.05) is 6.07 Å². The third-order valence-electron chi connectivity index (χ3n) is 1.94. The molecule has 0 atom stereocenters. The van der Waals surface area contributed by atoms with E-state index < -0.39 is 10.8 Å². The number of hydrazine groups is 1. The zero-order valence-electron chi connectivity index (χ0n) is 9.30. The first kappa shape index (κ1) is 13.6. The number of nitrogens with zero attached hydrogens (tertiary/aromatic N) is 1. The van der Waals surface area contributed by atoms with Crippen LogP contribution >= 0.6 is 12.2 Å². The lowest BCUT2D eigenvalue weighted by molar-refractivity contribution is -0.385. The van der Waals surface area contributed by atoms with Crippen molar-refractivity contribution < 1.29 is 14.5 Å². The van der Waals surface area contributed by atoms with Gasteiger partial charge in [-0.05, 0) is 18.3 Å². The van der Waals surface area contributed by atoms with Crippen LogP contribution in [0, 0.1) is 10.1 Å². The van der Waals surface area contributed by atoms with Gasteiger partial charge in [-0.2, -0.15) is 0 Å². The highest BCUT2D eigenvalue weighted by molar-refractivity contribution is 7.80. The van der Waals surface area contributed by atoms with Crippen molar-refractivity contribution in [3.63, 3.8) is 0 Å². The average Bonchev–Trinajstić information content (AvgIpc) is 2.34. The largest absolute Gasteiger partial charge is 0.490 e. The van der Waals surface area contributed by atoms with Crippen molar-refractivity contribution in [2.45, 2.75) is 0 Å². The number of carbonyl (C=O) groups excluding carboxylic acids is 1. The van der Waals surface area contributed by atoms with Crippen LogP contribution in [0.1, 0.15) is 10.4 Å². The van der Waals surface area contributed by atoms with E-state index in [1.807, 2.05) is 0 Å². The standard InChI is InChI=1S/C9H10N4O4S/c1-17-7-5(8(14)11-12-9(10)18)3-2-4-6(7)13(15)16/h2-4H,1H3,(H,11,14)(H3,10,12,18). The molecule has 1 amide bonds. The lowest BCUT2D eigenvalue weighted by atomic mass is 10.1. The SMILES string of the molecule is COc1c(C(=O)NNC(N)=S)cccc1[N+](=O)[O-]. The molecule has 1 aromatic carbocycles. The number of nitro groups is 1. The quantitative estimate of drug-likeness (QED) is 0.404. The lowest BCUT2D eigenvalue weighted by Crippen LogP contribution is -2.44. The van der Waals surface area contributed by atoms with Crippen LogP contribution in [0.5, 0.6) is 5.75 Å². The fourth-order valence-corrected chi connectivity index (χ4v) is 1.30. The summed E-state index contributed by atoms with van der Waals surface area (Å²) in [5.74, 6) is -0.784. The topological polar surface area (TPSA) is 120 Å². The predicted molar refractivity (Wildman–Crippen MR) is 67.0 cm³/mol. The Morgan fingerprint density at radius 1 is 1.50 bits per heavy atom. The number of methoxy groups -OCH3 is 1. The van der Waals surface area contributed by atoms with E-state index in [4.69, 9.17) is 10.5 Å². The Morgan fingerprint density at radius 2 is 2.17 bits per heavy atom. The molecule has 8 nitrogen and oxygen atoms in total. The molecule has 9 heteroatoms. The number of ether oxygens (including phenoxy) is 1. The molecule has 0 saturated carbocycles. The van der Waals surface area contributed by atoms with Crippen molar-refractivity contribution in [1.82, 2.24) is 10.9 Å². The van der Waals surface area contributed by atoms with Gasteiger partial charge >= 0.3 is 5.69 Å². The molecule has 0 aliphatic carbocycles. The van der Waals surface area contributed by atoms with E-state index in [0.29, 0.717) is 0 Å². The van der Waals surface area contributed by atoms with Crippen LogP contribution < -0.4 is 21.3 Å². The van der Waals surface area contributed by atoms with E-state index in [1.165, 1.54) is 25.3 Å². The maximum absolute atomic E-state index is 11.7. The highest BCUT2D eigenvalue weighted by Crippen LogP contribution is 2.30. The van der Waals surface area contributed by atoms with Gasteiger partial charge in [0.15, 0.2) is 5.11 Å². The van der Waals surface area contributed by atoms with Crippen LogP contribution in [0.25, 0.3) is 0 Å². The van der Waals surface area contributed by atoms with E-state index in [0.717, 1.165) is 0 Å². The fraction of sp³-hybridized carbons (Fsp3) is 0.111. The van der Waals surface area contributed by atoms with Crippen LogP contribution in [0.2, 0.25) is 0 Å². The maximum Gasteiger partial charge on any atom is 0.311 e. The molecule has 0 unspecified atom stereocenters. The van der Waals surface area contributed by atoms with Gasteiger partial charge in [-0.15, -0.1) is 0 Å². The van der Waals surface area contributed by atoms with Gasteiger partial charge in [0.1, 0.15) is 0 Å². The molecule has 1 rings (SSSR count). The number of nitro benzene ring substituents is 1. The van der Waals surface area contributed by atoms with Crippen molar-refractivity contribution in [3.8, 4) is 5.75 Å². The fourth-order valence-electron chi connectivity index (χ4n) is 1.25. The predicted octanol–water partition coefficient (Wildman–Crippen LogP) is 0.0814. The minimum Gasteiger partial charge on any atom is -0.490 e. The number of hydrogen-bond acceptors (Lipinski definition) is 5. The Balaban J connectivity index is 3.08. The molecule has 4 N–H and O–H groups in total. The van der Waals surface area contributed by atoms with E-state index in [9.17, 15) is 14.9 Å². The summed E-state index contributed by atoms with van der Waals surface area (Å²) in [4.78, 5) is 21.8. The second-order valence-electron chi connectivity index (χ2n) is 3.06. The second-order valence-corrected chi connectivity index (χ2v) is 3.50. The summed E-state index contributed by atoms with van der Waals surface area (Å²) in [7, 11) is 1.24. The third kappa shape index (κ3) is 3.04. The van der Waals surface area contributed by atoms with Crippen LogP contribution in [0.3, 0.4) is 0 Å². The van der Waals surface area contributed by atoms with Gasteiger partial charge < -0.3 is 10.5 Å². The number of para-hydroxylation sites is 1. The van der Waals surface area contributed by atoms with Crippen LogP contribution in [-0.4, -0.2) is 23.1 Å². The Kier molecular flexibility index (Phi) is 4.38. The van der Waals surface area contributed by atoms with E-state index >= 15 is 0 Å². The summed E-state index contributed by atoms with van der Waals surface area (Å²) in [6.45, 7) is 0. The van der Waals surface area contributed by atoms with Gasteiger partial charge in [-0.1, -0.05) is 6.07 Å². The molecule has 0 radical (unpaired) electrons. The molecule has 0 bridgehead atoms. The zero-order valence-corrected chi connectivity index (χ0v) is 10.1. The molecular weight excluding hydrogens is 260 g/mol. The first-order chi connectivity index (χ1) is 8.47. The highest BCUT2D eigenvalue weighted by atomic mass is 32.1. The van der Waals surface area contributed by atoms with Gasteiger partial charge in [0.25, 0.3) is 5.91 Å². The summed E-state index contributed by atoms with van der Waals surface area (Å²) >= 11 is 4.50. The molecule has 0 saturated heterocycles. The number of amides is 1. The molecule has 1 aromatic rings. The number of rotatable bonds is 3. The van der Waals surface area contributed by atoms with Crippen molar-refractivity contribution in [2.24, 2.45) is 5.73 Å². The van der Waals surface area contributed by atoms with Crippen LogP contribution in [0.4, 0.5) is 5.69 Å². The van der Waals surface area contributed by atoms with Crippen molar-refractivity contribution in [2.75, 3.05) is 7.11 Å². The Bertz CT molecular complexity index is 505. The number of nitrogens with two attached hydrogens (primary N) is 1. The smallest absolute Gasteiger partial charge is 0.311 e. The second kappa shape index (κ2) is 5.77. The number of carbonyl (C=O) groups is 1. The molecular formula is C9H10N4O4S. The number of thiocarbonyl (C=S) groups is 1. The minimum absolute atomic E-state index is 0.00421. The van der Waals surface area contributed by atoms with Crippen molar-refractivity contribution in [3.05, 3.63) is 33.9 Å². The molecule has 18 heavy (non-hydrogen) atoms. The number of hydrogen-bond donors (Lipinski definition) is 3. The molecule has 0 heterocycles. The Labute approximate surface area is 107 Å². The molecule has 0 aliphatic rings. The van der Waals surface area contributed by atoms with Gasteiger partial charge in [-0.25, -0.2) is 0 Å². The highest BCUT2D eigenvalue weighted by Gasteiger charge is 2.22. The summed E-state index contributed by atoms with van der Waals surface area (Å²) in [6.07, 6.45) is 0. The Morgan fingerprint density at radius 3 is 2.67 bits per heavy atom.